The molecule has 0 bridgehead atoms. The molecule has 4 rings (SSSR count). The number of para-hydroxylation sites is 1. The Labute approximate surface area is 211 Å². The minimum Gasteiger partial charge on any atom is -0.490 e. The number of hydrogen-bond acceptors (Lipinski definition) is 7. The summed E-state index contributed by atoms with van der Waals surface area (Å²) in [5.41, 5.74) is 3.76. The predicted octanol–water partition coefficient (Wildman–Crippen LogP) is 4.96. The van der Waals surface area contributed by atoms with Gasteiger partial charge in [-0.1, -0.05) is 36.0 Å². The van der Waals surface area contributed by atoms with Crippen LogP contribution in [-0.4, -0.2) is 33.2 Å². The third kappa shape index (κ3) is 4.80. The number of nitrogens with zero attached hydrogens (tertiary/aromatic N) is 3. The summed E-state index contributed by atoms with van der Waals surface area (Å²) in [6.07, 6.45) is 0. The third-order valence-corrected chi connectivity index (χ3v) is 6.83. The van der Waals surface area contributed by atoms with Gasteiger partial charge in [0.25, 0.3) is 5.56 Å². The van der Waals surface area contributed by atoms with E-state index in [1.807, 2.05) is 38.1 Å². The Bertz CT molecular complexity index is 1560. The Morgan fingerprint density at radius 2 is 1.86 bits per heavy atom. The summed E-state index contributed by atoms with van der Waals surface area (Å²) in [5.74, 6) is -0.337. The van der Waals surface area contributed by atoms with Crippen molar-refractivity contribution < 1.29 is 14.5 Å². The molecular weight excluding hydrogens is 480 g/mol. The molecule has 9 nitrogen and oxygen atoms in total. The van der Waals surface area contributed by atoms with Gasteiger partial charge < -0.3 is 10.1 Å². The SMILES string of the molecule is COc1cc(NC(=O)CSc2nc3ccccc3c(=O)n2-c2cccc(C)c2C)c(C)cc1[N+](=O)[O-]. The number of benzene rings is 3. The minimum atomic E-state index is -0.536. The van der Waals surface area contributed by atoms with Gasteiger partial charge in [0.2, 0.25) is 5.91 Å². The van der Waals surface area contributed by atoms with Gasteiger partial charge in [-0.25, -0.2) is 4.98 Å². The Morgan fingerprint density at radius 3 is 2.58 bits per heavy atom. The molecule has 0 aliphatic carbocycles. The zero-order valence-corrected chi connectivity index (χ0v) is 21.0. The fourth-order valence-electron chi connectivity index (χ4n) is 3.83. The van der Waals surface area contributed by atoms with Crippen LogP contribution < -0.4 is 15.6 Å². The molecule has 184 valence electrons. The van der Waals surface area contributed by atoms with Gasteiger partial charge in [-0.3, -0.25) is 24.3 Å². The lowest BCUT2D eigenvalue weighted by atomic mass is 10.1. The van der Waals surface area contributed by atoms with Crippen LogP contribution in [0.5, 0.6) is 5.75 Å². The quantitative estimate of drug-likeness (QED) is 0.164. The van der Waals surface area contributed by atoms with E-state index in [4.69, 9.17) is 4.74 Å². The molecule has 0 radical (unpaired) electrons. The third-order valence-electron chi connectivity index (χ3n) is 5.89. The number of rotatable bonds is 7. The fraction of sp³-hybridized carbons (Fsp3) is 0.192. The molecule has 1 aromatic heterocycles. The van der Waals surface area contributed by atoms with Gasteiger partial charge in [0.15, 0.2) is 10.9 Å². The summed E-state index contributed by atoms with van der Waals surface area (Å²) in [6, 6.07) is 15.6. The van der Waals surface area contributed by atoms with E-state index in [-0.39, 0.29) is 28.7 Å². The van der Waals surface area contributed by atoms with Crippen LogP contribution in [0.15, 0.2) is 64.5 Å². The van der Waals surface area contributed by atoms with Gasteiger partial charge in [0.05, 0.1) is 34.4 Å². The highest BCUT2D eigenvalue weighted by atomic mass is 32.2. The number of amides is 1. The van der Waals surface area contributed by atoms with Gasteiger partial charge in [0.1, 0.15) is 0 Å². The molecule has 0 saturated heterocycles. The number of nitrogens with one attached hydrogen (secondary N) is 1. The number of ether oxygens (including phenoxy) is 1. The number of nitro groups is 1. The van der Waals surface area contributed by atoms with Crippen LogP contribution >= 0.6 is 11.8 Å². The van der Waals surface area contributed by atoms with Crippen LogP contribution in [0.1, 0.15) is 16.7 Å². The van der Waals surface area contributed by atoms with Gasteiger partial charge in [-0.2, -0.15) is 0 Å². The van der Waals surface area contributed by atoms with Crippen molar-refractivity contribution in [2.45, 2.75) is 25.9 Å². The van der Waals surface area contributed by atoms with Crippen LogP contribution in [0, 0.1) is 30.9 Å². The van der Waals surface area contributed by atoms with Crippen molar-refractivity contribution in [2.75, 3.05) is 18.2 Å². The van der Waals surface area contributed by atoms with E-state index >= 15 is 0 Å². The number of carbonyl (C=O) groups excluding carboxylic acids is 1. The molecule has 4 aromatic rings. The molecular formula is C26H24N4O5S. The monoisotopic (exact) mass is 504 g/mol. The number of anilines is 1. The molecule has 3 aromatic carbocycles. The maximum absolute atomic E-state index is 13.5. The summed E-state index contributed by atoms with van der Waals surface area (Å²) in [6.45, 7) is 5.58. The Kier molecular flexibility index (Phi) is 7.07. The topological polar surface area (TPSA) is 116 Å². The summed E-state index contributed by atoms with van der Waals surface area (Å²) in [5, 5.41) is 14.9. The van der Waals surface area contributed by atoms with Crippen molar-refractivity contribution in [3.63, 3.8) is 0 Å². The minimum absolute atomic E-state index is 0.0333. The Hall–Kier alpha value is -4.18. The van der Waals surface area contributed by atoms with Gasteiger partial charge in [-0.05, 0) is 55.7 Å². The molecule has 0 atom stereocenters. The Morgan fingerprint density at radius 1 is 1.11 bits per heavy atom. The van der Waals surface area contributed by atoms with Crippen molar-refractivity contribution in [1.29, 1.82) is 0 Å². The predicted molar refractivity (Wildman–Crippen MR) is 141 cm³/mol. The highest BCUT2D eigenvalue weighted by molar-refractivity contribution is 7.99. The van der Waals surface area contributed by atoms with Crippen LogP contribution in [0.2, 0.25) is 0 Å². The zero-order valence-electron chi connectivity index (χ0n) is 20.2. The molecule has 1 N–H and O–H groups in total. The number of fused-ring (bicyclic) bond motifs is 1. The molecule has 10 heteroatoms. The number of aryl methyl sites for hydroxylation is 2. The lowest BCUT2D eigenvalue weighted by Crippen LogP contribution is -2.23. The van der Waals surface area contributed by atoms with Crippen molar-refractivity contribution in [3.8, 4) is 11.4 Å². The average molecular weight is 505 g/mol. The number of thioether (sulfide) groups is 1. The van der Waals surface area contributed by atoms with Crippen LogP contribution in [0.3, 0.4) is 0 Å². The van der Waals surface area contributed by atoms with Gasteiger partial charge in [0, 0.05) is 17.8 Å². The molecule has 1 heterocycles. The maximum Gasteiger partial charge on any atom is 0.311 e. The first-order chi connectivity index (χ1) is 17.2. The summed E-state index contributed by atoms with van der Waals surface area (Å²) in [7, 11) is 1.33. The molecule has 0 spiro atoms. The van der Waals surface area contributed by atoms with Crippen molar-refractivity contribution in [1.82, 2.24) is 9.55 Å². The molecule has 0 saturated carbocycles. The number of nitro benzene ring substituents is 1. The average Bonchev–Trinajstić information content (AvgIpc) is 2.86. The molecule has 36 heavy (non-hydrogen) atoms. The fourth-order valence-corrected chi connectivity index (χ4v) is 4.64. The first-order valence-electron chi connectivity index (χ1n) is 11.0. The van der Waals surface area contributed by atoms with Crippen LogP contribution in [-0.2, 0) is 4.79 Å². The van der Waals surface area contributed by atoms with E-state index in [2.05, 4.69) is 10.3 Å². The van der Waals surface area contributed by atoms with E-state index in [1.165, 1.54) is 19.2 Å². The van der Waals surface area contributed by atoms with E-state index in [1.54, 1.807) is 29.7 Å². The van der Waals surface area contributed by atoms with Crippen LogP contribution in [0.25, 0.3) is 16.6 Å². The smallest absolute Gasteiger partial charge is 0.311 e. The first kappa shape index (κ1) is 24.9. The number of hydrogen-bond donors (Lipinski definition) is 1. The van der Waals surface area contributed by atoms with E-state index in [9.17, 15) is 19.7 Å². The lowest BCUT2D eigenvalue weighted by Gasteiger charge is -2.16. The zero-order chi connectivity index (χ0) is 26.0. The number of aromatic nitrogens is 2. The van der Waals surface area contributed by atoms with Crippen molar-refractivity contribution in [2.24, 2.45) is 0 Å². The molecule has 0 aliphatic rings. The van der Waals surface area contributed by atoms with E-state index < -0.39 is 4.92 Å². The van der Waals surface area contributed by atoms with Crippen LogP contribution in [0.4, 0.5) is 11.4 Å². The lowest BCUT2D eigenvalue weighted by molar-refractivity contribution is -0.385. The van der Waals surface area contributed by atoms with Gasteiger partial charge in [-0.15, -0.1) is 0 Å². The standard InChI is InChI=1S/C26H24N4O5S/c1-15-8-7-11-21(17(15)3)29-25(32)18-9-5-6-10-19(18)28-26(29)36-14-24(31)27-20-13-23(35-4)22(30(33)34)12-16(20)2/h5-13H,14H2,1-4H3,(H,27,31). The van der Waals surface area contributed by atoms with Gasteiger partial charge >= 0.3 is 5.69 Å². The molecule has 0 unspecified atom stereocenters. The highest BCUT2D eigenvalue weighted by Crippen LogP contribution is 2.33. The maximum atomic E-state index is 13.5. The number of methoxy groups -OCH3 is 1. The first-order valence-corrected chi connectivity index (χ1v) is 12.0. The second kappa shape index (κ2) is 10.2. The van der Waals surface area contributed by atoms with E-state index in [0.717, 1.165) is 22.9 Å². The molecule has 0 fully saturated rings. The molecule has 1 amide bonds. The van der Waals surface area contributed by atoms with E-state index in [0.29, 0.717) is 33.0 Å². The summed E-state index contributed by atoms with van der Waals surface area (Å²) >= 11 is 1.14. The number of carbonyl (C=O) groups is 1. The second-order valence-electron chi connectivity index (χ2n) is 8.20. The second-order valence-corrected chi connectivity index (χ2v) is 9.15. The normalized spacial score (nSPS) is 10.9. The summed E-state index contributed by atoms with van der Waals surface area (Å²) < 4.78 is 6.65. The van der Waals surface area contributed by atoms with Crippen molar-refractivity contribution in [3.05, 3.63) is 91.8 Å². The van der Waals surface area contributed by atoms with Crippen molar-refractivity contribution >= 4 is 39.9 Å². The largest absolute Gasteiger partial charge is 0.490 e. The Balaban J connectivity index is 1.67. The highest BCUT2D eigenvalue weighted by Gasteiger charge is 2.20. The molecule has 0 aliphatic heterocycles. The summed E-state index contributed by atoms with van der Waals surface area (Å²) in [4.78, 5) is 41.7.